The van der Waals surface area contributed by atoms with E-state index in [0.717, 1.165) is 166 Å². The van der Waals surface area contributed by atoms with E-state index >= 15 is 0 Å². The summed E-state index contributed by atoms with van der Waals surface area (Å²) in [5.41, 5.74) is 24.4. The molecule has 0 aliphatic carbocycles. The molecule has 132 heavy (non-hydrogen) atoms. The fraction of sp³-hybridized carbons (Fsp3) is 0.231. The van der Waals surface area contributed by atoms with E-state index in [1.807, 2.05) is 240 Å². The first kappa shape index (κ1) is 92.7. The smallest absolute Gasteiger partial charge is 0.318 e. The van der Waals surface area contributed by atoms with Crippen molar-refractivity contribution in [2.45, 2.75) is 82.3 Å². The van der Waals surface area contributed by atoms with E-state index in [4.69, 9.17) is 112 Å². The van der Waals surface area contributed by atoms with E-state index in [1.54, 1.807) is 20.3 Å². The molecule has 0 saturated carbocycles. The van der Waals surface area contributed by atoms with Crippen molar-refractivity contribution in [2.75, 3.05) is 72.5 Å². The van der Waals surface area contributed by atoms with Crippen molar-refractivity contribution < 1.29 is 28.6 Å². The minimum absolute atomic E-state index is 0.0250. The Morgan fingerprint density at radius 3 is 1.42 bits per heavy atom. The molecule has 0 saturated heterocycles. The van der Waals surface area contributed by atoms with Crippen LogP contribution in [0.2, 0.25) is 35.2 Å². The normalized spacial score (nSPS) is 16.4. The Hall–Kier alpha value is -11.1. The molecule has 0 bridgehead atoms. The number of fused-ring (bicyclic) bond motifs is 15. The highest BCUT2D eigenvalue weighted by molar-refractivity contribution is 9.10. The third-order valence-corrected chi connectivity index (χ3v) is 27.3. The molecule has 674 valence electrons. The number of benzene rings is 11. The van der Waals surface area contributed by atoms with Crippen LogP contribution in [0.25, 0.3) is 54.5 Å². The van der Waals surface area contributed by atoms with Gasteiger partial charge in [0, 0.05) is 175 Å². The van der Waals surface area contributed by atoms with Gasteiger partial charge < -0.3 is 75.1 Å². The number of halogens is 9. The second kappa shape index (κ2) is 42.0. The van der Waals surface area contributed by atoms with Gasteiger partial charge in [0.25, 0.3) is 0 Å². The van der Waals surface area contributed by atoms with Crippen LogP contribution in [0.1, 0.15) is 132 Å². The van der Waals surface area contributed by atoms with Gasteiger partial charge >= 0.3 is 12.1 Å². The number of rotatable bonds is 15. The number of nitrogens with zero attached hydrogens (tertiary/aromatic N) is 4. The molecule has 5 aliphatic heterocycles. The molecule has 5 unspecified atom stereocenters. The van der Waals surface area contributed by atoms with Gasteiger partial charge in [-0.15, -0.1) is 11.6 Å². The summed E-state index contributed by atoms with van der Waals surface area (Å²) in [6, 6.07) is 78.8. The topological polar surface area (TPSA) is 239 Å². The Labute approximate surface area is 813 Å². The Bertz CT molecular complexity index is 6940. The maximum Gasteiger partial charge on any atom is 0.318 e. The summed E-state index contributed by atoms with van der Waals surface area (Å²) in [5.74, 6) is 1.93. The van der Waals surface area contributed by atoms with Gasteiger partial charge in [0.2, 0.25) is 5.91 Å². The molecule has 10 heterocycles. The van der Waals surface area contributed by atoms with Crippen molar-refractivity contribution in [2.24, 2.45) is 0 Å². The molecule has 11 aromatic carbocycles. The number of H-pyrrole nitrogens is 5. The second-order valence-electron chi connectivity index (χ2n) is 32.9. The monoisotopic (exact) mass is 1980 g/mol. The quantitative estimate of drug-likeness (QED) is 0.0443. The number of amides is 5. The van der Waals surface area contributed by atoms with Crippen LogP contribution in [-0.2, 0) is 54.7 Å². The predicted molar refractivity (Wildman–Crippen MR) is 537 cm³/mol. The van der Waals surface area contributed by atoms with Crippen molar-refractivity contribution in [1.82, 2.24) is 60.9 Å². The predicted octanol–water partition coefficient (Wildman–Crippen LogP) is 25.0. The van der Waals surface area contributed by atoms with Gasteiger partial charge in [-0.25, -0.2) is 9.59 Å². The molecule has 5 aliphatic rings. The van der Waals surface area contributed by atoms with Crippen LogP contribution in [0.15, 0.2) is 241 Å². The summed E-state index contributed by atoms with van der Waals surface area (Å²) >= 11 is 52.7. The molecule has 0 radical (unpaired) electrons. The number of carbonyl (C=O) groups is 3. The Morgan fingerprint density at radius 1 is 0.455 bits per heavy atom. The summed E-state index contributed by atoms with van der Waals surface area (Å²) in [7, 11) is 3.18. The maximum atomic E-state index is 12.9. The van der Waals surface area contributed by atoms with Gasteiger partial charge in [0.15, 0.2) is 0 Å². The lowest BCUT2D eigenvalue weighted by molar-refractivity contribution is -0.137. The van der Waals surface area contributed by atoms with Gasteiger partial charge in [-0.05, 0) is 265 Å². The Morgan fingerprint density at radius 2 is 0.909 bits per heavy atom. The molecule has 16 aromatic rings. The van der Waals surface area contributed by atoms with E-state index in [-0.39, 0.29) is 54.8 Å². The lowest BCUT2D eigenvalue weighted by Gasteiger charge is -2.36. The van der Waals surface area contributed by atoms with Crippen LogP contribution in [0, 0.1) is 11.3 Å². The first-order valence-corrected chi connectivity index (χ1v) is 47.7. The molecule has 0 fully saturated rings. The van der Waals surface area contributed by atoms with Crippen LogP contribution in [0.4, 0.5) is 9.59 Å². The lowest BCUT2D eigenvalue weighted by atomic mass is 9.92. The first-order valence-electron chi connectivity index (χ1n) is 43.7. The molecular weight excluding hydrogens is 1890 g/mol. The number of ether oxygens (including phenoxy) is 3. The molecule has 9 N–H and O–H groups in total. The SMILES string of the molecule is CCNC(=O)N1CCc2c([nH]c3ccc(Cl)cc23)C1c1ccc(OCc2ccccc2)cc1.COCC(=O)N1CCc2c([nH]c3ccc(Br)cc23)C1c1cccc(Cl)c1.COc1ccc(C2c3[nH]c4ccc(Cl)cc4c3CCN2C(=O)NCCCl)cc1.Clc1ccc(CC2NCCc3c2[nH]c2ccc(Cl)cc32)c(Cl)c1.N#Cc1ccc(C2NCCc3c2[nH]c2ccc(Cl)cc32)cc1. The third-order valence-electron chi connectivity index (χ3n) is 24.9. The van der Waals surface area contributed by atoms with Crippen LogP contribution >= 0.6 is 109 Å². The zero-order valence-electron chi connectivity index (χ0n) is 72.4. The number of methoxy groups -OCH3 is 2. The zero-order valence-corrected chi connectivity index (χ0v) is 80.0. The number of hydrogen-bond acceptors (Lipinski definition) is 9. The van der Waals surface area contributed by atoms with Gasteiger partial charge in [0.05, 0.1) is 49.0 Å². The summed E-state index contributed by atoms with van der Waals surface area (Å²) in [6.45, 7) is 7.30. The van der Waals surface area contributed by atoms with E-state index in [9.17, 15) is 14.4 Å². The molecule has 19 nitrogen and oxygen atoms in total. The van der Waals surface area contributed by atoms with Crippen molar-refractivity contribution in [1.29, 1.82) is 5.26 Å². The van der Waals surface area contributed by atoms with Gasteiger partial charge in [-0.3, -0.25) is 4.79 Å². The average Bonchev–Trinajstić information content (AvgIpc) is 1.58. The fourth-order valence-corrected chi connectivity index (χ4v) is 20.6. The molecule has 5 atom stereocenters. The lowest BCUT2D eigenvalue weighted by Crippen LogP contribution is -2.46. The highest BCUT2D eigenvalue weighted by Gasteiger charge is 2.39. The number of hydrogen-bond donors (Lipinski definition) is 9. The molecule has 28 heteroatoms. The molecule has 21 rings (SSSR count). The van der Waals surface area contributed by atoms with Crippen LogP contribution in [0.5, 0.6) is 11.5 Å². The maximum absolute atomic E-state index is 12.9. The van der Waals surface area contributed by atoms with Crippen molar-refractivity contribution >= 4 is 181 Å². The van der Waals surface area contributed by atoms with E-state index in [0.29, 0.717) is 75.9 Å². The number of carbonyl (C=O) groups excluding carboxylic acids is 3. The molecule has 5 amide bonds. The van der Waals surface area contributed by atoms with Gasteiger partial charge in [-0.1, -0.05) is 182 Å². The second-order valence-corrected chi connectivity index (χ2v) is 37.2. The number of aromatic amines is 5. The third kappa shape index (κ3) is 20.4. The van der Waals surface area contributed by atoms with Crippen molar-refractivity contribution in [3.63, 3.8) is 0 Å². The molecule has 5 aromatic heterocycles. The minimum Gasteiger partial charge on any atom is -0.497 e. The number of aromatic nitrogens is 5. The molecular formula is C104H94BrCl8N13O6. The highest BCUT2D eigenvalue weighted by Crippen LogP contribution is 2.45. The number of nitrogens with one attached hydrogen (secondary N) is 9. The molecule has 0 spiro atoms. The summed E-state index contributed by atoms with van der Waals surface area (Å²) in [4.78, 5) is 61.8. The number of alkyl halides is 1. The zero-order chi connectivity index (χ0) is 91.8. The summed E-state index contributed by atoms with van der Waals surface area (Å²) < 4.78 is 17.4. The largest absolute Gasteiger partial charge is 0.497 e. The standard InChI is InChI=1S/C27H26ClN3O2.C21H21Cl2N3O2.C20H18BrClN2O2.C18H15Cl3N2.C18H14ClN3/c1-2-29-27(32)31-15-14-22-23-16-20(28)10-13-24(23)30-25(22)26(31)19-8-11-21(12-9-19)33-17-18-6-4-3-5-7-18;1-28-15-5-2-13(3-6-15)20-19-16(8-11-26(20)21(27)24-10-9-22)17-12-14(23)4-7-18(17)25-19;1-26-11-18(25)24-8-7-15-16-10-13(21)5-6-17(16)23-19(15)20(24)12-3-2-4-14(22)9-12;19-11-3-4-16-14(8-11)13-5-6-22-17(18(13)23-16)7-10-1-2-12(20)9-15(10)21;19-13-5-6-16-15(9-13)14-7-8-21-17(18(14)22-16)12-3-1-11(10-20)2-4-12/h3-13,16,26,30H,2,14-15,17H2,1H3,(H,29,32);2-7,12,20,25H,8-11H2,1H3,(H,24,27);2-6,9-10,20,23H,7-8,11H2,1H3;1-4,8-9,17,22-23H,5-7H2;1-6,9,17,21-22H,7-8H2. The van der Waals surface area contributed by atoms with Gasteiger partial charge in [0.1, 0.15) is 24.7 Å². The van der Waals surface area contributed by atoms with Crippen LogP contribution in [-0.4, -0.2) is 130 Å². The Kier molecular flexibility index (Phi) is 29.5. The number of nitriles is 1. The van der Waals surface area contributed by atoms with Crippen LogP contribution < -0.4 is 30.7 Å². The van der Waals surface area contributed by atoms with Gasteiger partial charge in [-0.2, -0.15) is 5.26 Å². The van der Waals surface area contributed by atoms with Crippen molar-refractivity contribution in [3.8, 4) is 17.6 Å². The Balaban J connectivity index is 0.000000116. The summed E-state index contributed by atoms with van der Waals surface area (Å²) in [5, 5.41) is 32.8. The van der Waals surface area contributed by atoms with Crippen LogP contribution in [0.3, 0.4) is 0 Å². The van der Waals surface area contributed by atoms with E-state index in [2.05, 4.69) is 80.3 Å². The first-order chi connectivity index (χ1) is 64.2. The highest BCUT2D eigenvalue weighted by atomic mass is 79.9. The van der Waals surface area contributed by atoms with E-state index in [1.165, 1.54) is 55.4 Å². The minimum atomic E-state index is -0.226. The van der Waals surface area contributed by atoms with E-state index < -0.39 is 0 Å². The van der Waals surface area contributed by atoms with Crippen molar-refractivity contribution in [3.05, 3.63) is 371 Å². The number of urea groups is 2. The average molecular weight is 1990 g/mol. The fourth-order valence-electron chi connectivity index (χ4n) is 18.8. The summed E-state index contributed by atoms with van der Waals surface area (Å²) in [6.07, 6.45) is 5.16.